The van der Waals surface area contributed by atoms with E-state index in [0.717, 1.165) is 17.5 Å². The second kappa shape index (κ2) is 7.76. The molecule has 0 radical (unpaired) electrons. The van der Waals surface area contributed by atoms with Crippen molar-refractivity contribution in [1.29, 1.82) is 0 Å². The van der Waals surface area contributed by atoms with Crippen molar-refractivity contribution in [2.24, 2.45) is 0 Å². The van der Waals surface area contributed by atoms with E-state index in [0.29, 0.717) is 22.0 Å². The van der Waals surface area contributed by atoms with E-state index < -0.39 is 11.5 Å². The van der Waals surface area contributed by atoms with Crippen LogP contribution in [-0.2, 0) is 6.42 Å². The molecule has 0 aliphatic rings. The molecule has 0 unspecified atom stereocenters. The topological polar surface area (TPSA) is 59.3 Å². The van der Waals surface area contributed by atoms with Gasteiger partial charge < -0.3 is 9.73 Å². The van der Waals surface area contributed by atoms with E-state index in [4.69, 9.17) is 4.42 Å². The Morgan fingerprint density at radius 1 is 0.897 bits per heavy atom. The molecule has 0 aliphatic carbocycles. The first-order valence-corrected chi connectivity index (χ1v) is 9.60. The van der Waals surface area contributed by atoms with Crippen LogP contribution < -0.4 is 10.9 Å². The lowest BCUT2D eigenvalue weighted by atomic mass is 9.97. The van der Waals surface area contributed by atoms with Gasteiger partial charge in [-0.3, -0.25) is 4.79 Å². The number of carbonyl (C=O) groups is 1. The van der Waals surface area contributed by atoms with E-state index in [2.05, 4.69) is 12.2 Å². The summed E-state index contributed by atoms with van der Waals surface area (Å²) < 4.78 is 5.52. The molecule has 0 aliphatic heterocycles. The summed E-state index contributed by atoms with van der Waals surface area (Å²) >= 11 is 0. The maximum Gasteiger partial charge on any atom is 0.344 e. The number of aryl methyl sites for hydroxylation is 2. The van der Waals surface area contributed by atoms with Crippen LogP contribution in [0.15, 0.2) is 82.0 Å². The maximum atomic E-state index is 13.1. The number of hydrogen-bond acceptors (Lipinski definition) is 3. The number of nitrogens with one attached hydrogen (secondary N) is 1. The van der Waals surface area contributed by atoms with Gasteiger partial charge in [0.25, 0.3) is 5.91 Å². The molecule has 4 nitrogen and oxygen atoms in total. The zero-order valence-corrected chi connectivity index (χ0v) is 16.4. The Kier molecular flexibility index (Phi) is 5.00. The van der Waals surface area contributed by atoms with Crippen LogP contribution in [0.25, 0.3) is 21.9 Å². The van der Waals surface area contributed by atoms with Crippen molar-refractivity contribution >= 4 is 22.4 Å². The molecule has 0 saturated heterocycles. The van der Waals surface area contributed by atoms with Crippen LogP contribution in [0.4, 0.5) is 5.69 Å². The highest BCUT2D eigenvalue weighted by Crippen LogP contribution is 2.31. The van der Waals surface area contributed by atoms with Crippen molar-refractivity contribution in [2.45, 2.75) is 20.3 Å². The van der Waals surface area contributed by atoms with Gasteiger partial charge in [-0.25, -0.2) is 4.79 Å². The van der Waals surface area contributed by atoms with Crippen LogP contribution in [0.3, 0.4) is 0 Å². The summed E-state index contributed by atoms with van der Waals surface area (Å²) in [6.45, 7) is 4.08. The van der Waals surface area contributed by atoms with Crippen LogP contribution in [0, 0.1) is 6.92 Å². The standard InChI is InChI=1S/C25H21NO3/c1-3-17-10-14-19(15-11-17)26-24(27)23-22(18-12-8-16(2)9-13-18)20-6-4-5-7-21(20)25(28)29-23/h4-15H,3H2,1-2H3,(H,26,27). The minimum atomic E-state index is -0.525. The third kappa shape index (κ3) is 3.69. The highest BCUT2D eigenvalue weighted by atomic mass is 16.4. The van der Waals surface area contributed by atoms with Crippen molar-refractivity contribution in [3.05, 3.63) is 100 Å². The van der Waals surface area contributed by atoms with Crippen LogP contribution in [0.2, 0.25) is 0 Å². The molecule has 1 heterocycles. The highest BCUT2D eigenvalue weighted by molar-refractivity contribution is 6.11. The molecular weight excluding hydrogens is 362 g/mol. The van der Waals surface area contributed by atoms with E-state index in [1.54, 1.807) is 12.1 Å². The van der Waals surface area contributed by atoms with Gasteiger partial charge >= 0.3 is 5.63 Å². The van der Waals surface area contributed by atoms with Gasteiger partial charge in [0.2, 0.25) is 5.76 Å². The molecule has 144 valence electrons. The number of anilines is 1. The van der Waals surface area contributed by atoms with Gasteiger partial charge in [0, 0.05) is 16.6 Å². The highest BCUT2D eigenvalue weighted by Gasteiger charge is 2.21. The van der Waals surface area contributed by atoms with E-state index in [9.17, 15) is 9.59 Å². The van der Waals surface area contributed by atoms with Crippen molar-refractivity contribution in [2.75, 3.05) is 5.32 Å². The minimum Gasteiger partial charge on any atom is -0.416 e. The van der Waals surface area contributed by atoms with Gasteiger partial charge in [-0.1, -0.05) is 67.1 Å². The number of fused-ring (bicyclic) bond motifs is 1. The van der Waals surface area contributed by atoms with Gasteiger partial charge in [0.15, 0.2) is 0 Å². The summed E-state index contributed by atoms with van der Waals surface area (Å²) in [4.78, 5) is 25.6. The second-order valence-corrected chi connectivity index (χ2v) is 7.01. The van der Waals surface area contributed by atoms with Gasteiger partial charge in [-0.2, -0.15) is 0 Å². The molecule has 29 heavy (non-hydrogen) atoms. The van der Waals surface area contributed by atoms with E-state index in [-0.39, 0.29) is 5.76 Å². The summed E-state index contributed by atoms with van der Waals surface area (Å²) in [5.74, 6) is -0.440. The first-order valence-electron chi connectivity index (χ1n) is 9.60. The maximum absolute atomic E-state index is 13.1. The number of amides is 1. The first kappa shape index (κ1) is 18.7. The summed E-state index contributed by atoms with van der Waals surface area (Å²) in [6.07, 6.45) is 0.922. The van der Waals surface area contributed by atoms with Crippen molar-refractivity contribution < 1.29 is 9.21 Å². The first-order chi connectivity index (χ1) is 14.1. The summed E-state index contributed by atoms with van der Waals surface area (Å²) in [6, 6.07) is 22.6. The quantitative estimate of drug-likeness (QED) is 0.500. The average molecular weight is 383 g/mol. The fourth-order valence-electron chi connectivity index (χ4n) is 3.38. The average Bonchev–Trinajstić information content (AvgIpc) is 2.75. The zero-order valence-electron chi connectivity index (χ0n) is 16.4. The lowest BCUT2D eigenvalue weighted by molar-refractivity contribution is 0.0994. The molecule has 4 aromatic rings. The van der Waals surface area contributed by atoms with Gasteiger partial charge in [-0.15, -0.1) is 0 Å². The van der Waals surface area contributed by atoms with Gasteiger partial charge in [0.05, 0.1) is 5.39 Å². The molecule has 0 saturated carbocycles. The van der Waals surface area contributed by atoms with E-state index >= 15 is 0 Å². The summed E-state index contributed by atoms with van der Waals surface area (Å²) in [5, 5.41) is 4.00. The molecule has 1 amide bonds. The monoisotopic (exact) mass is 383 g/mol. The zero-order chi connectivity index (χ0) is 20.4. The molecule has 4 rings (SSSR count). The molecule has 3 aromatic carbocycles. The van der Waals surface area contributed by atoms with E-state index in [1.165, 1.54) is 5.56 Å². The largest absolute Gasteiger partial charge is 0.416 e. The minimum absolute atomic E-state index is 0.0112. The van der Waals surface area contributed by atoms with E-state index in [1.807, 2.05) is 67.6 Å². The van der Waals surface area contributed by atoms with Crippen molar-refractivity contribution in [3.63, 3.8) is 0 Å². The summed E-state index contributed by atoms with van der Waals surface area (Å²) in [7, 11) is 0. The number of hydrogen-bond donors (Lipinski definition) is 1. The molecule has 1 N–H and O–H groups in total. The smallest absolute Gasteiger partial charge is 0.344 e. The SMILES string of the molecule is CCc1ccc(NC(=O)c2oc(=O)c3ccccc3c2-c2ccc(C)cc2)cc1. The third-order valence-corrected chi connectivity index (χ3v) is 5.00. The molecule has 0 spiro atoms. The molecule has 0 fully saturated rings. The Morgan fingerprint density at radius 3 is 2.21 bits per heavy atom. The number of benzene rings is 3. The second-order valence-electron chi connectivity index (χ2n) is 7.01. The number of rotatable bonds is 4. The molecule has 0 bridgehead atoms. The number of carbonyl (C=O) groups excluding carboxylic acids is 1. The molecule has 1 aromatic heterocycles. The summed E-state index contributed by atoms with van der Waals surface area (Å²) in [5.41, 5.74) is 3.85. The molecule has 4 heteroatoms. The Bertz CT molecular complexity index is 1240. The van der Waals surface area contributed by atoms with Crippen LogP contribution >= 0.6 is 0 Å². The molecular formula is C25H21NO3. The fraction of sp³-hybridized carbons (Fsp3) is 0.120. The molecule has 0 atom stereocenters. The van der Waals surface area contributed by atoms with Crippen molar-refractivity contribution in [1.82, 2.24) is 0 Å². The fourth-order valence-corrected chi connectivity index (χ4v) is 3.38. The Morgan fingerprint density at radius 2 is 1.55 bits per heavy atom. The Hall–Kier alpha value is -3.66. The lowest BCUT2D eigenvalue weighted by Crippen LogP contribution is -2.17. The predicted molar refractivity (Wildman–Crippen MR) is 116 cm³/mol. The van der Waals surface area contributed by atoms with Gasteiger partial charge in [-0.05, 0) is 42.7 Å². The predicted octanol–water partition coefficient (Wildman–Crippen LogP) is 5.58. The Balaban J connectivity index is 1.86. The third-order valence-electron chi connectivity index (χ3n) is 5.00. The van der Waals surface area contributed by atoms with Gasteiger partial charge in [0.1, 0.15) is 0 Å². The van der Waals surface area contributed by atoms with Crippen LogP contribution in [0.1, 0.15) is 28.6 Å². The van der Waals surface area contributed by atoms with Crippen molar-refractivity contribution in [3.8, 4) is 11.1 Å². The van der Waals surface area contributed by atoms with Crippen LogP contribution in [-0.4, -0.2) is 5.91 Å². The lowest BCUT2D eigenvalue weighted by Gasteiger charge is -2.12. The normalized spacial score (nSPS) is 10.8. The van der Waals surface area contributed by atoms with Crippen LogP contribution in [0.5, 0.6) is 0 Å². The Labute approximate surface area is 168 Å².